The van der Waals surface area contributed by atoms with Crippen molar-refractivity contribution in [2.75, 3.05) is 14.2 Å². The molecule has 0 saturated heterocycles. The summed E-state index contributed by atoms with van der Waals surface area (Å²) < 4.78 is 40.0. The smallest absolute Gasteiger partial charge is 0.387 e. The van der Waals surface area contributed by atoms with Crippen LogP contribution >= 0.6 is 12.2 Å². The number of thiocarbonyl (C=S) groups is 1. The number of benzene rings is 1. The lowest BCUT2D eigenvalue weighted by atomic mass is 9.94. The zero-order chi connectivity index (χ0) is 19.7. The number of nitrogens with zero attached hydrogens (tertiary/aromatic N) is 1. The van der Waals surface area contributed by atoms with Crippen LogP contribution in [-0.4, -0.2) is 42.9 Å². The summed E-state index contributed by atoms with van der Waals surface area (Å²) in [5, 5.41) is 3.62. The molecule has 0 spiro atoms. The van der Waals surface area contributed by atoms with Crippen LogP contribution < -0.4 is 14.8 Å². The largest absolute Gasteiger partial charge is 0.493 e. The van der Waals surface area contributed by atoms with E-state index in [0.29, 0.717) is 21.9 Å². The summed E-state index contributed by atoms with van der Waals surface area (Å²) in [5.41, 5.74) is 1.61. The van der Waals surface area contributed by atoms with E-state index in [-0.39, 0.29) is 17.5 Å². The number of rotatable bonds is 6. The SMILES string of the molecule is COC(=O)C1=C(C)N(C2CC2)C(=S)N[C@H]1c1ccc(OC)c(OC(F)F)c1. The van der Waals surface area contributed by atoms with Gasteiger partial charge in [-0.05, 0) is 49.7 Å². The van der Waals surface area contributed by atoms with Gasteiger partial charge in [-0.3, -0.25) is 0 Å². The molecule has 3 rings (SSSR count). The molecule has 1 aromatic rings. The minimum absolute atomic E-state index is 0.121. The summed E-state index contributed by atoms with van der Waals surface area (Å²) in [6, 6.07) is 4.20. The van der Waals surface area contributed by atoms with Gasteiger partial charge in [-0.25, -0.2) is 4.79 Å². The first-order valence-electron chi connectivity index (χ1n) is 8.39. The van der Waals surface area contributed by atoms with Gasteiger partial charge in [0.25, 0.3) is 0 Å². The highest BCUT2D eigenvalue weighted by Crippen LogP contribution is 2.40. The molecule has 1 aliphatic heterocycles. The Kier molecular flexibility index (Phi) is 5.50. The number of esters is 1. The second kappa shape index (κ2) is 7.67. The molecule has 1 saturated carbocycles. The van der Waals surface area contributed by atoms with Crippen LogP contribution in [0.3, 0.4) is 0 Å². The van der Waals surface area contributed by atoms with Crippen molar-refractivity contribution < 1.29 is 27.8 Å². The predicted octanol–water partition coefficient (Wildman–Crippen LogP) is 3.14. The van der Waals surface area contributed by atoms with Crippen molar-refractivity contribution >= 4 is 23.3 Å². The molecule has 1 N–H and O–H groups in total. The van der Waals surface area contributed by atoms with Gasteiger partial charge in [0.1, 0.15) is 0 Å². The van der Waals surface area contributed by atoms with Crippen molar-refractivity contribution in [1.82, 2.24) is 10.2 Å². The number of ether oxygens (including phenoxy) is 3. The number of hydrogen-bond donors (Lipinski definition) is 1. The molecule has 1 fully saturated rings. The molecule has 9 heteroatoms. The molecular weight excluding hydrogens is 378 g/mol. The third-order valence-electron chi connectivity index (χ3n) is 4.58. The number of allylic oxidation sites excluding steroid dienone is 1. The summed E-state index contributed by atoms with van der Waals surface area (Å²) in [6.07, 6.45) is 1.99. The Bertz CT molecular complexity index is 796. The molecule has 0 aromatic heterocycles. The lowest BCUT2D eigenvalue weighted by Crippen LogP contribution is -2.48. The van der Waals surface area contributed by atoms with E-state index in [0.717, 1.165) is 12.8 Å². The Hall–Kier alpha value is -2.42. The number of carbonyl (C=O) groups is 1. The van der Waals surface area contributed by atoms with Crippen molar-refractivity contribution in [3.8, 4) is 11.5 Å². The Morgan fingerprint density at radius 2 is 2.00 bits per heavy atom. The maximum atomic E-state index is 12.7. The highest BCUT2D eigenvalue weighted by atomic mass is 32.1. The molecule has 0 bridgehead atoms. The minimum Gasteiger partial charge on any atom is -0.493 e. The van der Waals surface area contributed by atoms with Crippen molar-refractivity contribution in [2.24, 2.45) is 0 Å². The zero-order valence-corrected chi connectivity index (χ0v) is 15.9. The second-order valence-electron chi connectivity index (χ2n) is 6.26. The van der Waals surface area contributed by atoms with Gasteiger partial charge in [0.2, 0.25) is 0 Å². The monoisotopic (exact) mass is 398 g/mol. The summed E-state index contributed by atoms with van der Waals surface area (Å²) in [4.78, 5) is 14.4. The van der Waals surface area contributed by atoms with Gasteiger partial charge >= 0.3 is 12.6 Å². The number of methoxy groups -OCH3 is 2. The third kappa shape index (κ3) is 3.83. The topological polar surface area (TPSA) is 60.0 Å². The molecule has 146 valence electrons. The summed E-state index contributed by atoms with van der Waals surface area (Å²) in [5.74, 6) is -0.466. The Morgan fingerprint density at radius 1 is 1.30 bits per heavy atom. The quantitative estimate of drug-likeness (QED) is 0.584. The van der Waals surface area contributed by atoms with E-state index in [2.05, 4.69) is 10.1 Å². The zero-order valence-electron chi connectivity index (χ0n) is 15.1. The molecule has 6 nitrogen and oxygen atoms in total. The van der Waals surface area contributed by atoms with Crippen molar-refractivity contribution in [2.45, 2.75) is 38.5 Å². The molecule has 1 atom stereocenters. The van der Waals surface area contributed by atoms with Crippen LogP contribution in [-0.2, 0) is 9.53 Å². The van der Waals surface area contributed by atoms with Gasteiger partial charge in [0.15, 0.2) is 16.6 Å². The first kappa shape index (κ1) is 19.3. The Labute approximate surface area is 161 Å². The van der Waals surface area contributed by atoms with E-state index >= 15 is 0 Å². The fourth-order valence-corrected chi connectivity index (χ4v) is 3.62. The first-order chi connectivity index (χ1) is 12.9. The second-order valence-corrected chi connectivity index (χ2v) is 6.65. The number of alkyl halides is 2. The average molecular weight is 398 g/mol. The summed E-state index contributed by atoms with van der Waals surface area (Å²) in [6.45, 7) is -1.19. The third-order valence-corrected chi connectivity index (χ3v) is 4.90. The van der Waals surface area contributed by atoms with E-state index in [1.807, 2.05) is 11.8 Å². The molecule has 27 heavy (non-hydrogen) atoms. The van der Waals surface area contributed by atoms with Gasteiger partial charge in [0, 0.05) is 11.7 Å². The van der Waals surface area contributed by atoms with E-state index in [1.54, 1.807) is 6.07 Å². The van der Waals surface area contributed by atoms with Crippen LogP contribution in [0.2, 0.25) is 0 Å². The van der Waals surface area contributed by atoms with Gasteiger partial charge in [-0.2, -0.15) is 8.78 Å². The van der Waals surface area contributed by atoms with Gasteiger partial charge < -0.3 is 24.4 Å². The molecular formula is C18H20F2N2O4S. The van der Waals surface area contributed by atoms with E-state index in [9.17, 15) is 13.6 Å². The predicted molar refractivity (Wildman–Crippen MR) is 97.7 cm³/mol. The van der Waals surface area contributed by atoms with Crippen LogP contribution in [0.4, 0.5) is 8.78 Å². The number of carbonyl (C=O) groups excluding carboxylic acids is 1. The van der Waals surface area contributed by atoms with Crippen molar-refractivity contribution in [3.05, 3.63) is 35.0 Å². The molecule has 0 amide bonds. The van der Waals surface area contributed by atoms with Crippen molar-refractivity contribution in [1.29, 1.82) is 0 Å². The summed E-state index contributed by atoms with van der Waals surface area (Å²) >= 11 is 5.48. The van der Waals surface area contributed by atoms with Gasteiger partial charge in [0.05, 0.1) is 25.8 Å². The number of hydrogen-bond acceptors (Lipinski definition) is 5. The maximum Gasteiger partial charge on any atom is 0.387 e. The standard InChI is InChI=1S/C18H20F2N2O4S/c1-9-14(16(23)25-3)15(21-18(27)22(9)11-5-6-11)10-4-7-12(24-2)13(8-10)26-17(19)20/h4,7-8,11,15,17H,5-6H2,1-3H3,(H,21,27)/t15-/m0/s1. The normalized spacial score (nSPS) is 19.9. The lowest BCUT2D eigenvalue weighted by molar-refractivity contribution is -0.136. The van der Waals surface area contributed by atoms with Gasteiger partial charge in [-0.15, -0.1) is 0 Å². The fraction of sp³-hybridized carbons (Fsp3) is 0.444. The number of halogens is 2. The van der Waals surface area contributed by atoms with Crippen LogP contribution in [0, 0.1) is 0 Å². The Balaban J connectivity index is 2.06. The van der Waals surface area contributed by atoms with E-state index in [4.69, 9.17) is 21.7 Å². The minimum atomic E-state index is -3.00. The van der Waals surface area contributed by atoms with Crippen LogP contribution in [0.15, 0.2) is 29.5 Å². The highest BCUT2D eigenvalue weighted by Gasteiger charge is 2.40. The summed E-state index contributed by atoms with van der Waals surface area (Å²) in [7, 11) is 2.66. The van der Waals surface area contributed by atoms with E-state index < -0.39 is 18.6 Å². The molecule has 1 aromatic carbocycles. The van der Waals surface area contributed by atoms with E-state index in [1.165, 1.54) is 26.4 Å². The fourth-order valence-electron chi connectivity index (χ4n) is 3.22. The molecule has 2 aliphatic rings. The lowest BCUT2D eigenvalue weighted by Gasteiger charge is -2.37. The molecule has 1 aliphatic carbocycles. The molecule has 1 heterocycles. The average Bonchev–Trinajstić information content (AvgIpc) is 3.45. The van der Waals surface area contributed by atoms with Gasteiger partial charge in [-0.1, -0.05) is 6.07 Å². The van der Waals surface area contributed by atoms with Crippen LogP contribution in [0.5, 0.6) is 11.5 Å². The van der Waals surface area contributed by atoms with Crippen LogP contribution in [0.1, 0.15) is 31.4 Å². The first-order valence-corrected chi connectivity index (χ1v) is 8.79. The maximum absolute atomic E-state index is 12.7. The molecule has 0 radical (unpaired) electrons. The van der Waals surface area contributed by atoms with Crippen molar-refractivity contribution in [3.63, 3.8) is 0 Å². The number of nitrogens with one attached hydrogen (secondary N) is 1. The molecule has 0 unspecified atom stereocenters. The Morgan fingerprint density at radius 3 is 2.56 bits per heavy atom. The van der Waals surface area contributed by atoms with Crippen LogP contribution in [0.25, 0.3) is 0 Å². The highest BCUT2D eigenvalue weighted by molar-refractivity contribution is 7.80.